The Hall–Kier alpha value is -2.42. The lowest BCUT2D eigenvalue weighted by atomic mass is 10.2. The molecular formula is C12H12N4O4S. The van der Waals surface area contributed by atoms with Gasteiger partial charge in [-0.3, -0.25) is 19.4 Å². The molecule has 0 saturated heterocycles. The summed E-state index contributed by atoms with van der Waals surface area (Å²) >= 11 is 1.01. The lowest BCUT2D eigenvalue weighted by molar-refractivity contribution is 0.0696. The second-order valence-electron chi connectivity index (χ2n) is 4.15. The van der Waals surface area contributed by atoms with E-state index in [-0.39, 0.29) is 10.7 Å². The van der Waals surface area contributed by atoms with Gasteiger partial charge in [0.1, 0.15) is 5.03 Å². The Labute approximate surface area is 122 Å². The number of hydrogen-bond donors (Lipinski definition) is 2. The Bertz CT molecular complexity index is 812. The molecule has 2 rings (SSSR count). The van der Waals surface area contributed by atoms with Crippen LogP contribution < -0.4 is 11.1 Å². The van der Waals surface area contributed by atoms with Crippen LogP contribution in [0.3, 0.4) is 0 Å². The van der Waals surface area contributed by atoms with Gasteiger partial charge in [-0.1, -0.05) is 6.92 Å². The van der Waals surface area contributed by atoms with Crippen molar-refractivity contribution >= 4 is 17.7 Å². The summed E-state index contributed by atoms with van der Waals surface area (Å²) in [5.74, 6) is -1.06. The number of rotatable bonds is 4. The van der Waals surface area contributed by atoms with E-state index >= 15 is 0 Å². The van der Waals surface area contributed by atoms with Crippen molar-refractivity contribution in [3.63, 3.8) is 0 Å². The molecular weight excluding hydrogens is 296 g/mol. The Balaban J connectivity index is 2.46. The van der Waals surface area contributed by atoms with Crippen molar-refractivity contribution in [2.24, 2.45) is 7.05 Å². The Morgan fingerprint density at radius 2 is 2.10 bits per heavy atom. The van der Waals surface area contributed by atoms with E-state index in [4.69, 9.17) is 5.11 Å². The molecule has 0 aliphatic carbocycles. The third kappa shape index (κ3) is 3.37. The number of aromatic carboxylic acids is 1. The van der Waals surface area contributed by atoms with E-state index in [2.05, 4.69) is 15.1 Å². The second-order valence-corrected chi connectivity index (χ2v) is 5.13. The van der Waals surface area contributed by atoms with Crippen LogP contribution >= 0.6 is 11.8 Å². The predicted molar refractivity (Wildman–Crippen MR) is 74.8 cm³/mol. The van der Waals surface area contributed by atoms with Gasteiger partial charge < -0.3 is 5.11 Å². The normalized spacial score (nSPS) is 10.6. The molecule has 0 saturated carbocycles. The molecule has 0 amide bonds. The molecule has 2 aromatic rings. The van der Waals surface area contributed by atoms with Crippen molar-refractivity contribution in [3.05, 3.63) is 44.1 Å². The molecule has 0 bridgehead atoms. The zero-order valence-corrected chi connectivity index (χ0v) is 12.1. The van der Waals surface area contributed by atoms with Crippen LogP contribution in [0.15, 0.2) is 31.9 Å². The monoisotopic (exact) mass is 308 g/mol. The number of pyridine rings is 1. The molecule has 0 aromatic carbocycles. The van der Waals surface area contributed by atoms with Gasteiger partial charge in [-0.2, -0.15) is 4.98 Å². The highest BCUT2D eigenvalue weighted by atomic mass is 32.2. The van der Waals surface area contributed by atoms with Crippen molar-refractivity contribution < 1.29 is 9.90 Å². The van der Waals surface area contributed by atoms with Crippen LogP contribution in [0.4, 0.5) is 0 Å². The van der Waals surface area contributed by atoms with E-state index < -0.39 is 17.1 Å². The first-order chi connectivity index (χ1) is 9.90. The smallest absolute Gasteiger partial charge is 0.339 e. The average molecular weight is 308 g/mol. The molecule has 0 radical (unpaired) electrons. The van der Waals surface area contributed by atoms with Crippen LogP contribution in [0.25, 0.3) is 0 Å². The van der Waals surface area contributed by atoms with Gasteiger partial charge >= 0.3 is 17.1 Å². The third-order valence-corrected chi connectivity index (χ3v) is 3.57. The van der Waals surface area contributed by atoms with Crippen LogP contribution in [0.5, 0.6) is 0 Å². The summed E-state index contributed by atoms with van der Waals surface area (Å²) in [5, 5.41) is 12.0. The number of nitrogens with one attached hydrogen (secondary N) is 1. The maximum absolute atomic E-state index is 11.3. The summed E-state index contributed by atoms with van der Waals surface area (Å²) in [5.41, 5.74) is -0.991. The number of nitrogens with zero attached hydrogens (tertiary/aromatic N) is 3. The highest BCUT2D eigenvalue weighted by Crippen LogP contribution is 2.24. The summed E-state index contributed by atoms with van der Waals surface area (Å²) in [6.45, 7) is 1.86. The van der Waals surface area contributed by atoms with E-state index in [0.29, 0.717) is 17.1 Å². The summed E-state index contributed by atoms with van der Waals surface area (Å²) in [6.07, 6.45) is 0.576. The van der Waals surface area contributed by atoms with Gasteiger partial charge in [0.25, 0.3) is 0 Å². The number of aryl methyl sites for hydroxylation is 2. The zero-order valence-electron chi connectivity index (χ0n) is 11.3. The molecule has 0 fully saturated rings. The van der Waals surface area contributed by atoms with Crippen molar-refractivity contribution in [1.29, 1.82) is 0 Å². The number of hydrogen-bond acceptors (Lipinski definition) is 6. The second kappa shape index (κ2) is 5.92. The molecule has 0 unspecified atom stereocenters. The summed E-state index contributed by atoms with van der Waals surface area (Å²) in [7, 11) is 1.53. The quantitative estimate of drug-likeness (QED) is 0.778. The van der Waals surface area contributed by atoms with Gasteiger partial charge in [0.15, 0.2) is 5.16 Å². The van der Waals surface area contributed by atoms with Crippen molar-refractivity contribution in [2.75, 3.05) is 0 Å². The number of H-pyrrole nitrogens is 1. The van der Waals surface area contributed by atoms with Gasteiger partial charge in [0.05, 0.1) is 5.56 Å². The Morgan fingerprint density at radius 1 is 1.38 bits per heavy atom. The molecule has 110 valence electrons. The molecule has 2 N–H and O–H groups in total. The lowest BCUT2D eigenvalue weighted by Gasteiger charge is -2.07. The van der Waals surface area contributed by atoms with Gasteiger partial charge in [-0.05, 0) is 30.3 Å². The molecule has 0 atom stereocenters. The number of aromatic nitrogens is 4. The summed E-state index contributed by atoms with van der Waals surface area (Å²) in [6, 6.07) is 2.88. The molecule has 9 heteroatoms. The fourth-order valence-corrected chi connectivity index (χ4v) is 2.41. The van der Waals surface area contributed by atoms with E-state index in [9.17, 15) is 14.4 Å². The topological polar surface area (TPSA) is 118 Å². The Morgan fingerprint density at radius 3 is 2.71 bits per heavy atom. The van der Waals surface area contributed by atoms with E-state index in [1.165, 1.54) is 23.9 Å². The first-order valence-corrected chi connectivity index (χ1v) is 6.81. The highest BCUT2D eigenvalue weighted by molar-refractivity contribution is 7.99. The zero-order chi connectivity index (χ0) is 15.6. The van der Waals surface area contributed by atoms with Gasteiger partial charge in [0.2, 0.25) is 0 Å². The molecule has 0 aliphatic rings. The minimum absolute atomic E-state index is 0.110. The standard InChI is InChI=1S/C12H12N4O4S/c1-3-7-4-6(11(19)20)5-8(13-7)21-12-14-9(17)10(18)15-16(12)2/h4-5H,3H2,1-2H3,(H,15,18)(H,19,20). The highest BCUT2D eigenvalue weighted by Gasteiger charge is 2.12. The number of carboxylic acid groups (broad SMARTS) is 1. The first-order valence-electron chi connectivity index (χ1n) is 6.00. The minimum atomic E-state index is -1.06. The minimum Gasteiger partial charge on any atom is -0.478 e. The van der Waals surface area contributed by atoms with Crippen LogP contribution in [0, 0.1) is 0 Å². The molecule has 0 aliphatic heterocycles. The SMILES string of the molecule is CCc1cc(C(=O)O)cc(Sc2nc(=O)c(=O)[nH]n2C)n1. The fourth-order valence-electron chi connectivity index (χ4n) is 1.56. The van der Waals surface area contributed by atoms with Gasteiger partial charge in [0, 0.05) is 12.7 Å². The van der Waals surface area contributed by atoms with Crippen LogP contribution in [0.1, 0.15) is 23.0 Å². The molecule has 8 nitrogen and oxygen atoms in total. The molecule has 21 heavy (non-hydrogen) atoms. The van der Waals surface area contributed by atoms with E-state index in [1.54, 1.807) is 0 Å². The van der Waals surface area contributed by atoms with Gasteiger partial charge in [-0.15, -0.1) is 0 Å². The predicted octanol–water partition coefficient (Wildman–Crippen LogP) is 0.275. The Kier molecular flexibility index (Phi) is 4.22. The maximum atomic E-state index is 11.3. The summed E-state index contributed by atoms with van der Waals surface area (Å²) in [4.78, 5) is 41.4. The van der Waals surface area contributed by atoms with Crippen molar-refractivity contribution in [3.8, 4) is 0 Å². The number of carboxylic acids is 1. The fraction of sp³-hybridized carbons (Fsp3) is 0.250. The average Bonchev–Trinajstić information content (AvgIpc) is 2.44. The largest absolute Gasteiger partial charge is 0.478 e. The van der Waals surface area contributed by atoms with Crippen LogP contribution in [-0.2, 0) is 13.5 Å². The number of carbonyl (C=O) groups is 1. The molecule has 0 spiro atoms. The number of aromatic amines is 1. The molecule has 2 heterocycles. The maximum Gasteiger partial charge on any atom is 0.339 e. The lowest BCUT2D eigenvalue weighted by Crippen LogP contribution is -2.33. The van der Waals surface area contributed by atoms with E-state index in [0.717, 1.165) is 11.8 Å². The third-order valence-electron chi connectivity index (χ3n) is 2.61. The van der Waals surface area contributed by atoms with E-state index in [1.807, 2.05) is 6.92 Å². The van der Waals surface area contributed by atoms with Crippen molar-refractivity contribution in [2.45, 2.75) is 23.5 Å². The summed E-state index contributed by atoms with van der Waals surface area (Å²) < 4.78 is 1.29. The van der Waals surface area contributed by atoms with Crippen LogP contribution in [0.2, 0.25) is 0 Å². The molecule has 2 aromatic heterocycles. The first kappa shape index (κ1) is 15.0. The van der Waals surface area contributed by atoms with Gasteiger partial charge in [-0.25, -0.2) is 9.78 Å². The van der Waals surface area contributed by atoms with Crippen molar-refractivity contribution in [1.82, 2.24) is 19.7 Å². The van der Waals surface area contributed by atoms with Crippen LogP contribution in [-0.4, -0.2) is 30.8 Å².